The predicted octanol–water partition coefficient (Wildman–Crippen LogP) is 4.54. The monoisotopic (exact) mass is 428 g/mol. The van der Waals surface area contributed by atoms with Crippen LogP contribution in [0.2, 0.25) is 0 Å². The molecule has 1 N–H and O–H groups in total. The van der Waals surface area contributed by atoms with Crippen molar-refractivity contribution in [3.63, 3.8) is 0 Å². The number of nitrogens with one attached hydrogen (secondary N) is 1. The van der Waals surface area contributed by atoms with Crippen molar-refractivity contribution in [3.05, 3.63) is 96.1 Å². The highest BCUT2D eigenvalue weighted by atomic mass is 16.5. The minimum Gasteiger partial charge on any atom is -0.494 e. The molecular formula is C27H28N2O3. The zero-order valence-corrected chi connectivity index (χ0v) is 18.2. The Kier molecular flexibility index (Phi) is 6.85. The summed E-state index contributed by atoms with van der Waals surface area (Å²) in [6, 6.07) is 27.4. The lowest BCUT2D eigenvalue weighted by atomic mass is 9.97. The molecule has 0 aromatic heterocycles. The lowest BCUT2D eigenvalue weighted by molar-refractivity contribution is -0.127. The van der Waals surface area contributed by atoms with Crippen LogP contribution in [0.15, 0.2) is 84.9 Å². The van der Waals surface area contributed by atoms with E-state index in [2.05, 4.69) is 17.4 Å². The van der Waals surface area contributed by atoms with Gasteiger partial charge in [0.15, 0.2) is 0 Å². The van der Waals surface area contributed by atoms with Gasteiger partial charge >= 0.3 is 0 Å². The minimum atomic E-state index is -0.379. The van der Waals surface area contributed by atoms with Crippen LogP contribution in [0.25, 0.3) is 0 Å². The second-order valence-electron chi connectivity index (χ2n) is 7.99. The first-order chi connectivity index (χ1) is 15.6. The van der Waals surface area contributed by atoms with Gasteiger partial charge in [-0.05, 0) is 48.7 Å². The summed E-state index contributed by atoms with van der Waals surface area (Å²) in [6.45, 7) is 2.91. The van der Waals surface area contributed by atoms with Gasteiger partial charge in [0.25, 0.3) is 0 Å². The Labute approximate surface area is 189 Å². The molecule has 3 aromatic carbocycles. The van der Waals surface area contributed by atoms with Crippen LogP contribution in [-0.4, -0.2) is 25.0 Å². The lowest BCUT2D eigenvalue weighted by Gasteiger charge is -2.22. The number of carbonyl (C=O) groups is 2. The highest BCUT2D eigenvalue weighted by molar-refractivity contribution is 6.00. The summed E-state index contributed by atoms with van der Waals surface area (Å²) in [6.07, 6.45) is 0.908. The Morgan fingerprint density at radius 1 is 1.00 bits per heavy atom. The molecule has 0 radical (unpaired) electrons. The molecule has 0 unspecified atom stereocenters. The molecule has 0 bridgehead atoms. The van der Waals surface area contributed by atoms with Crippen LogP contribution in [0, 0.1) is 5.92 Å². The van der Waals surface area contributed by atoms with Crippen molar-refractivity contribution in [2.75, 3.05) is 18.1 Å². The van der Waals surface area contributed by atoms with Gasteiger partial charge in [-0.2, -0.15) is 0 Å². The first-order valence-corrected chi connectivity index (χ1v) is 11.1. The van der Waals surface area contributed by atoms with E-state index >= 15 is 0 Å². The molecule has 1 aliphatic heterocycles. The largest absolute Gasteiger partial charge is 0.494 e. The number of hydrogen-bond acceptors (Lipinski definition) is 3. The maximum atomic E-state index is 13.2. The van der Waals surface area contributed by atoms with Crippen molar-refractivity contribution in [1.29, 1.82) is 0 Å². The Morgan fingerprint density at radius 2 is 1.66 bits per heavy atom. The molecule has 2 atom stereocenters. The summed E-state index contributed by atoms with van der Waals surface area (Å²) in [5.41, 5.74) is 3.00. The Balaban J connectivity index is 1.45. The smallest absolute Gasteiger partial charge is 0.227 e. The number of rotatable bonds is 8. The van der Waals surface area contributed by atoms with Crippen LogP contribution in [-0.2, 0) is 16.0 Å². The molecule has 0 aliphatic carbocycles. The Morgan fingerprint density at radius 3 is 2.31 bits per heavy atom. The molecule has 4 rings (SSSR count). The van der Waals surface area contributed by atoms with E-state index in [9.17, 15) is 9.59 Å². The van der Waals surface area contributed by atoms with Crippen LogP contribution in [0.1, 0.15) is 30.5 Å². The molecule has 5 nitrogen and oxygen atoms in total. The van der Waals surface area contributed by atoms with Crippen LogP contribution in [0.5, 0.6) is 5.75 Å². The standard InChI is InChI=1S/C27H28N2O3/c1-2-32-24-15-13-23(14-16-24)29-19-22(18-26(29)30)27(31)28-25(21-11-7-4-8-12-21)17-20-9-5-3-6-10-20/h3-16,22,25H,2,17-19H2,1H3,(H,28,31)/t22-,25+/m1/s1. The Bertz CT molecular complexity index is 1040. The molecule has 5 heteroatoms. The van der Waals surface area contributed by atoms with E-state index in [1.807, 2.05) is 79.7 Å². The van der Waals surface area contributed by atoms with E-state index in [1.54, 1.807) is 4.90 Å². The molecule has 0 spiro atoms. The van der Waals surface area contributed by atoms with E-state index in [0.29, 0.717) is 19.6 Å². The fourth-order valence-electron chi connectivity index (χ4n) is 4.10. The molecule has 1 fully saturated rings. The summed E-state index contributed by atoms with van der Waals surface area (Å²) >= 11 is 0. The van der Waals surface area contributed by atoms with Crippen molar-refractivity contribution in [2.45, 2.75) is 25.8 Å². The number of ether oxygens (including phenoxy) is 1. The number of nitrogens with zero attached hydrogens (tertiary/aromatic N) is 1. The van der Waals surface area contributed by atoms with Crippen LogP contribution < -0.4 is 15.0 Å². The van der Waals surface area contributed by atoms with Gasteiger partial charge < -0.3 is 15.0 Å². The van der Waals surface area contributed by atoms with E-state index in [0.717, 1.165) is 22.6 Å². The van der Waals surface area contributed by atoms with Gasteiger partial charge in [0.1, 0.15) is 5.75 Å². The number of benzene rings is 3. The van der Waals surface area contributed by atoms with Crippen molar-refractivity contribution in [1.82, 2.24) is 5.32 Å². The van der Waals surface area contributed by atoms with Gasteiger partial charge in [-0.1, -0.05) is 60.7 Å². The summed E-state index contributed by atoms with van der Waals surface area (Å²) in [4.78, 5) is 27.5. The molecule has 2 amide bonds. The fourth-order valence-corrected chi connectivity index (χ4v) is 4.10. The van der Waals surface area contributed by atoms with Crippen molar-refractivity contribution in [3.8, 4) is 5.75 Å². The van der Waals surface area contributed by atoms with E-state index < -0.39 is 0 Å². The third-order valence-electron chi connectivity index (χ3n) is 5.76. The summed E-state index contributed by atoms with van der Waals surface area (Å²) in [5.74, 6) is 0.269. The van der Waals surface area contributed by atoms with E-state index in [1.165, 1.54) is 0 Å². The molecule has 164 valence electrons. The predicted molar refractivity (Wildman–Crippen MR) is 126 cm³/mol. The number of amides is 2. The average Bonchev–Trinajstić information content (AvgIpc) is 3.22. The highest BCUT2D eigenvalue weighted by Crippen LogP contribution is 2.28. The third-order valence-corrected chi connectivity index (χ3v) is 5.76. The first kappa shape index (κ1) is 21.6. The second-order valence-corrected chi connectivity index (χ2v) is 7.99. The molecule has 1 aliphatic rings. The van der Waals surface area contributed by atoms with Gasteiger partial charge in [-0.25, -0.2) is 0 Å². The van der Waals surface area contributed by atoms with Crippen molar-refractivity contribution < 1.29 is 14.3 Å². The molecule has 3 aromatic rings. The van der Waals surface area contributed by atoms with Crippen LogP contribution in [0.4, 0.5) is 5.69 Å². The second kappa shape index (κ2) is 10.1. The first-order valence-electron chi connectivity index (χ1n) is 11.1. The fraction of sp³-hybridized carbons (Fsp3) is 0.259. The molecule has 32 heavy (non-hydrogen) atoms. The maximum Gasteiger partial charge on any atom is 0.227 e. The number of hydrogen-bond donors (Lipinski definition) is 1. The lowest BCUT2D eigenvalue weighted by Crippen LogP contribution is -2.36. The SMILES string of the molecule is CCOc1ccc(N2C[C@H](C(=O)N[C@@H](Cc3ccccc3)c3ccccc3)CC2=O)cc1. The van der Waals surface area contributed by atoms with Crippen LogP contribution >= 0.6 is 0 Å². The van der Waals surface area contributed by atoms with E-state index in [-0.39, 0.29) is 30.2 Å². The normalized spacial score (nSPS) is 16.6. The summed E-state index contributed by atoms with van der Waals surface area (Å²) in [5, 5.41) is 3.20. The third kappa shape index (κ3) is 5.17. The highest BCUT2D eigenvalue weighted by Gasteiger charge is 2.36. The average molecular weight is 429 g/mol. The van der Waals surface area contributed by atoms with Gasteiger partial charge in [-0.15, -0.1) is 0 Å². The Hall–Kier alpha value is -3.60. The molecule has 0 saturated carbocycles. The molecule has 1 heterocycles. The number of carbonyl (C=O) groups excluding carboxylic acids is 2. The molecule has 1 saturated heterocycles. The maximum absolute atomic E-state index is 13.2. The van der Waals surface area contributed by atoms with E-state index in [4.69, 9.17) is 4.74 Å². The number of anilines is 1. The van der Waals surface area contributed by atoms with Gasteiger partial charge in [0.05, 0.1) is 18.6 Å². The quantitative estimate of drug-likeness (QED) is 0.573. The summed E-state index contributed by atoms with van der Waals surface area (Å²) < 4.78 is 5.48. The summed E-state index contributed by atoms with van der Waals surface area (Å²) in [7, 11) is 0. The van der Waals surface area contributed by atoms with Crippen molar-refractivity contribution >= 4 is 17.5 Å². The minimum absolute atomic E-state index is 0.0337. The van der Waals surface area contributed by atoms with Gasteiger partial charge in [0.2, 0.25) is 11.8 Å². The molecular weight excluding hydrogens is 400 g/mol. The topological polar surface area (TPSA) is 58.6 Å². The van der Waals surface area contributed by atoms with Crippen LogP contribution in [0.3, 0.4) is 0 Å². The zero-order valence-electron chi connectivity index (χ0n) is 18.2. The van der Waals surface area contributed by atoms with Gasteiger partial charge in [0, 0.05) is 18.7 Å². The van der Waals surface area contributed by atoms with Crippen molar-refractivity contribution in [2.24, 2.45) is 5.92 Å². The zero-order chi connectivity index (χ0) is 22.3. The van der Waals surface area contributed by atoms with Gasteiger partial charge in [-0.3, -0.25) is 9.59 Å².